The lowest BCUT2D eigenvalue weighted by atomic mass is 10.1. The van der Waals surface area contributed by atoms with E-state index in [0.29, 0.717) is 0 Å². The quantitative estimate of drug-likeness (QED) is 0.746. The molecule has 1 aliphatic heterocycles. The van der Waals surface area contributed by atoms with Crippen molar-refractivity contribution in [2.45, 2.75) is 9.79 Å². The first-order chi connectivity index (χ1) is 10.9. The maximum atomic E-state index is 12.9. The van der Waals surface area contributed by atoms with Crippen LogP contribution in [-0.4, -0.2) is 34.5 Å². The van der Waals surface area contributed by atoms with Gasteiger partial charge in [0.2, 0.25) is 9.84 Å². The zero-order valence-corrected chi connectivity index (χ0v) is 13.3. The highest BCUT2D eigenvalue weighted by molar-refractivity contribution is 7.91. The van der Waals surface area contributed by atoms with Gasteiger partial charge >= 0.3 is 5.97 Å². The number of nitrogens with zero attached hydrogens (tertiary/aromatic N) is 1. The van der Waals surface area contributed by atoms with Gasteiger partial charge in [-0.3, -0.25) is 4.79 Å². The molecule has 7 heteroatoms. The second kappa shape index (κ2) is 5.20. The lowest BCUT2D eigenvalue weighted by Crippen LogP contribution is -2.26. The Kier molecular flexibility index (Phi) is 3.45. The number of sulfone groups is 1. The third-order valence-electron chi connectivity index (χ3n) is 3.74. The smallest absolute Gasteiger partial charge is 0.337 e. The largest absolute Gasteiger partial charge is 0.465 e. The maximum absolute atomic E-state index is 12.9. The molecule has 0 radical (unpaired) electrons. The van der Waals surface area contributed by atoms with Gasteiger partial charge in [-0.1, -0.05) is 12.1 Å². The summed E-state index contributed by atoms with van der Waals surface area (Å²) in [5.74, 6) is -1.06. The number of anilines is 1. The van der Waals surface area contributed by atoms with Crippen molar-refractivity contribution < 1.29 is 22.7 Å². The molecule has 2 aromatic rings. The minimum atomic E-state index is -3.87. The molecule has 1 aliphatic rings. The zero-order chi connectivity index (χ0) is 16.8. The molecule has 0 atom stereocenters. The Morgan fingerprint density at radius 2 is 1.78 bits per heavy atom. The topological polar surface area (TPSA) is 80.8 Å². The van der Waals surface area contributed by atoms with E-state index in [9.17, 15) is 18.0 Å². The van der Waals surface area contributed by atoms with Crippen molar-refractivity contribution in [2.24, 2.45) is 0 Å². The van der Waals surface area contributed by atoms with Crippen LogP contribution < -0.4 is 4.90 Å². The number of fused-ring (bicyclic) bond motifs is 2. The van der Waals surface area contributed by atoms with E-state index in [4.69, 9.17) is 0 Å². The van der Waals surface area contributed by atoms with Gasteiger partial charge in [0, 0.05) is 7.05 Å². The van der Waals surface area contributed by atoms with E-state index in [1.54, 1.807) is 12.1 Å². The van der Waals surface area contributed by atoms with Gasteiger partial charge in [-0.05, 0) is 30.3 Å². The molecule has 1 amide bonds. The van der Waals surface area contributed by atoms with E-state index in [0.717, 1.165) is 0 Å². The number of esters is 1. The van der Waals surface area contributed by atoms with Crippen LogP contribution in [0.2, 0.25) is 0 Å². The Bertz CT molecular complexity index is 933. The van der Waals surface area contributed by atoms with E-state index in [2.05, 4.69) is 4.74 Å². The van der Waals surface area contributed by atoms with Crippen LogP contribution in [0.5, 0.6) is 0 Å². The van der Waals surface area contributed by atoms with Crippen molar-refractivity contribution >= 4 is 27.4 Å². The molecule has 0 N–H and O–H groups in total. The predicted octanol–water partition coefficient (Wildman–Crippen LogP) is 1.90. The minimum Gasteiger partial charge on any atom is -0.465 e. The standard InChI is InChI=1S/C16H13NO5S/c1-17-12-9-10(16(19)22-2)7-8-14(12)23(20,21)13-6-4-3-5-11(13)15(17)18/h3-9H,1-2H3. The SMILES string of the molecule is COC(=O)c1ccc2c(c1)N(C)C(=O)c1ccccc1S2(=O)=O. The first-order valence-corrected chi connectivity index (χ1v) is 8.21. The highest BCUT2D eigenvalue weighted by Gasteiger charge is 2.34. The van der Waals surface area contributed by atoms with Crippen LogP contribution in [0.4, 0.5) is 5.69 Å². The van der Waals surface area contributed by atoms with Crippen LogP contribution >= 0.6 is 0 Å². The molecule has 0 fully saturated rings. The van der Waals surface area contributed by atoms with Crippen molar-refractivity contribution in [1.29, 1.82) is 0 Å². The van der Waals surface area contributed by atoms with Crippen LogP contribution in [0, 0.1) is 0 Å². The lowest BCUT2D eigenvalue weighted by Gasteiger charge is -2.17. The van der Waals surface area contributed by atoms with Crippen LogP contribution in [-0.2, 0) is 14.6 Å². The second-order valence-corrected chi connectivity index (χ2v) is 6.92. The number of hydrogen-bond donors (Lipinski definition) is 0. The summed E-state index contributed by atoms with van der Waals surface area (Å²) in [6, 6.07) is 10.1. The Morgan fingerprint density at radius 1 is 1.09 bits per heavy atom. The van der Waals surface area contributed by atoms with Crippen LogP contribution in [0.15, 0.2) is 52.3 Å². The summed E-state index contributed by atoms with van der Waals surface area (Å²) in [4.78, 5) is 25.4. The van der Waals surface area contributed by atoms with Gasteiger partial charge in [0.1, 0.15) is 0 Å². The van der Waals surface area contributed by atoms with Crippen molar-refractivity contribution in [3.63, 3.8) is 0 Å². The average molecular weight is 331 g/mol. The fourth-order valence-corrected chi connectivity index (χ4v) is 4.20. The molecule has 118 valence electrons. The lowest BCUT2D eigenvalue weighted by molar-refractivity contribution is 0.0600. The first kappa shape index (κ1) is 15.2. The van der Waals surface area contributed by atoms with E-state index < -0.39 is 21.7 Å². The molecule has 0 spiro atoms. The summed E-state index contributed by atoms with van der Waals surface area (Å²) in [7, 11) is -1.16. The molecule has 1 heterocycles. The monoisotopic (exact) mass is 331 g/mol. The molecular weight excluding hydrogens is 318 g/mol. The summed E-state index contributed by atoms with van der Waals surface area (Å²) >= 11 is 0. The van der Waals surface area contributed by atoms with E-state index >= 15 is 0 Å². The number of rotatable bonds is 1. The number of carbonyl (C=O) groups is 2. The summed E-state index contributed by atoms with van der Waals surface area (Å²) < 4.78 is 30.4. The summed E-state index contributed by atoms with van der Waals surface area (Å²) in [5.41, 5.74) is 0.423. The first-order valence-electron chi connectivity index (χ1n) is 6.72. The molecule has 6 nitrogen and oxygen atoms in total. The molecule has 23 heavy (non-hydrogen) atoms. The molecule has 0 unspecified atom stereocenters. The third kappa shape index (κ3) is 2.20. The summed E-state index contributed by atoms with van der Waals surface area (Å²) in [5, 5.41) is 0. The Balaban J connectivity index is 2.34. The molecule has 3 rings (SSSR count). The molecule has 0 bridgehead atoms. The van der Waals surface area contributed by atoms with Crippen molar-refractivity contribution in [2.75, 3.05) is 19.1 Å². The minimum absolute atomic E-state index is 0.0223. The number of methoxy groups -OCH3 is 1. The van der Waals surface area contributed by atoms with Crippen molar-refractivity contribution in [3.8, 4) is 0 Å². The Morgan fingerprint density at radius 3 is 2.48 bits per heavy atom. The molecule has 0 aliphatic carbocycles. The molecule has 0 saturated carbocycles. The van der Waals surface area contributed by atoms with Gasteiger partial charge in [-0.2, -0.15) is 0 Å². The Hall–Kier alpha value is -2.67. The van der Waals surface area contributed by atoms with Crippen molar-refractivity contribution in [1.82, 2.24) is 0 Å². The fourth-order valence-electron chi connectivity index (χ4n) is 2.54. The highest BCUT2D eigenvalue weighted by Crippen LogP contribution is 2.36. The average Bonchev–Trinajstić information content (AvgIpc) is 2.64. The van der Waals surface area contributed by atoms with Crippen LogP contribution in [0.3, 0.4) is 0 Å². The number of hydrogen-bond acceptors (Lipinski definition) is 5. The van der Waals surface area contributed by atoms with Gasteiger partial charge < -0.3 is 9.64 Å². The molecule has 2 aromatic carbocycles. The van der Waals surface area contributed by atoms with E-state index in [1.165, 1.54) is 49.4 Å². The van der Waals surface area contributed by atoms with E-state index in [1.807, 2.05) is 0 Å². The number of amides is 1. The van der Waals surface area contributed by atoms with Crippen LogP contribution in [0.1, 0.15) is 20.7 Å². The zero-order valence-electron chi connectivity index (χ0n) is 12.4. The van der Waals surface area contributed by atoms with E-state index in [-0.39, 0.29) is 26.6 Å². The normalized spacial score (nSPS) is 15.4. The van der Waals surface area contributed by atoms with Gasteiger partial charge in [0.05, 0.1) is 33.7 Å². The molecule has 0 saturated heterocycles. The predicted molar refractivity (Wildman–Crippen MR) is 82.4 cm³/mol. The Labute approximate surface area is 133 Å². The fraction of sp³-hybridized carbons (Fsp3) is 0.125. The van der Waals surface area contributed by atoms with Crippen LogP contribution in [0.25, 0.3) is 0 Å². The number of benzene rings is 2. The molecular formula is C16H13NO5S. The van der Waals surface area contributed by atoms with Gasteiger partial charge in [0.15, 0.2) is 0 Å². The van der Waals surface area contributed by atoms with Crippen molar-refractivity contribution in [3.05, 3.63) is 53.6 Å². The maximum Gasteiger partial charge on any atom is 0.337 e. The third-order valence-corrected chi connectivity index (χ3v) is 5.60. The highest BCUT2D eigenvalue weighted by atomic mass is 32.2. The second-order valence-electron chi connectivity index (χ2n) is 5.04. The van der Waals surface area contributed by atoms with Gasteiger partial charge in [-0.15, -0.1) is 0 Å². The summed E-state index contributed by atoms with van der Waals surface area (Å²) in [6.45, 7) is 0. The van der Waals surface area contributed by atoms with Gasteiger partial charge in [0.25, 0.3) is 5.91 Å². The number of ether oxygens (including phenoxy) is 1. The summed E-state index contributed by atoms with van der Waals surface area (Å²) in [6.07, 6.45) is 0. The number of carbonyl (C=O) groups excluding carboxylic acids is 2. The van der Waals surface area contributed by atoms with Gasteiger partial charge in [-0.25, -0.2) is 13.2 Å². The molecule has 0 aromatic heterocycles.